The number of aromatic nitrogens is 1. The molecule has 7 heteroatoms. The molecule has 0 atom stereocenters. The number of hydrogen-bond donors (Lipinski definition) is 2. The van der Waals surface area contributed by atoms with Gasteiger partial charge in [0.15, 0.2) is 0 Å². The van der Waals surface area contributed by atoms with Crippen molar-refractivity contribution in [3.05, 3.63) is 41.0 Å². The van der Waals surface area contributed by atoms with E-state index in [4.69, 9.17) is 21.4 Å². The van der Waals surface area contributed by atoms with Crippen LogP contribution in [0.5, 0.6) is 11.5 Å². The number of aryl methyl sites for hydroxylation is 1. The van der Waals surface area contributed by atoms with E-state index in [1.54, 1.807) is 31.4 Å². The molecule has 0 amide bonds. The summed E-state index contributed by atoms with van der Waals surface area (Å²) in [5.41, 5.74) is 1.56. The van der Waals surface area contributed by atoms with Gasteiger partial charge in [0.25, 0.3) is 0 Å². The predicted octanol–water partition coefficient (Wildman–Crippen LogP) is 3.48. The van der Waals surface area contributed by atoms with Crippen LogP contribution in [0.3, 0.4) is 0 Å². The molecule has 1 aromatic heterocycles. The van der Waals surface area contributed by atoms with Crippen LogP contribution >= 0.6 is 11.6 Å². The monoisotopic (exact) mass is 363 g/mol. The molecule has 2 N–H and O–H groups in total. The number of carboxylic acids is 1. The molecular weight excluding hydrogens is 346 g/mol. The lowest BCUT2D eigenvalue weighted by Crippen LogP contribution is -2.05. The van der Waals surface area contributed by atoms with Crippen LogP contribution in [0.2, 0.25) is 5.02 Å². The summed E-state index contributed by atoms with van der Waals surface area (Å²) in [5.74, 6) is -0.592. The van der Waals surface area contributed by atoms with Gasteiger partial charge in [-0.15, -0.1) is 0 Å². The van der Waals surface area contributed by atoms with Crippen molar-refractivity contribution in [2.24, 2.45) is 0 Å². The molecule has 1 aromatic carbocycles. The lowest BCUT2D eigenvalue weighted by atomic mass is 10.1. The second-order valence-corrected chi connectivity index (χ2v) is 5.85. The van der Waals surface area contributed by atoms with Crippen molar-refractivity contribution in [2.45, 2.75) is 25.7 Å². The SMILES string of the molecule is COc1ccc(Cl)c(-c2ccc(O)c(CCC(=O)CCC(=O)O)n2)c1. The van der Waals surface area contributed by atoms with Gasteiger partial charge < -0.3 is 14.9 Å². The number of hydrogen-bond acceptors (Lipinski definition) is 5. The summed E-state index contributed by atoms with van der Waals surface area (Å²) in [4.78, 5) is 26.6. The van der Waals surface area contributed by atoms with Crippen molar-refractivity contribution in [1.29, 1.82) is 0 Å². The second kappa shape index (κ2) is 8.48. The zero-order valence-corrected chi connectivity index (χ0v) is 14.4. The molecule has 0 aliphatic carbocycles. The number of aliphatic carboxylic acids is 1. The quantitative estimate of drug-likeness (QED) is 0.745. The average Bonchev–Trinajstić information content (AvgIpc) is 2.59. The molecule has 1 heterocycles. The van der Waals surface area contributed by atoms with Gasteiger partial charge in [-0.2, -0.15) is 0 Å². The highest BCUT2D eigenvalue weighted by Gasteiger charge is 2.13. The lowest BCUT2D eigenvalue weighted by molar-refractivity contribution is -0.138. The van der Waals surface area contributed by atoms with E-state index in [0.29, 0.717) is 27.7 Å². The van der Waals surface area contributed by atoms with Gasteiger partial charge in [-0.1, -0.05) is 11.6 Å². The van der Waals surface area contributed by atoms with Crippen LogP contribution in [-0.2, 0) is 16.0 Å². The highest BCUT2D eigenvalue weighted by molar-refractivity contribution is 6.33. The Kier molecular flexibility index (Phi) is 6.36. The number of methoxy groups -OCH3 is 1. The number of carbonyl (C=O) groups is 2. The maximum Gasteiger partial charge on any atom is 0.303 e. The highest BCUT2D eigenvalue weighted by Crippen LogP contribution is 2.32. The van der Waals surface area contributed by atoms with Crippen molar-refractivity contribution in [1.82, 2.24) is 4.98 Å². The smallest absolute Gasteiger partial charge is 0.303 e. The van der Waals surface area contributed by atoms with Gasteiger partial charge in [-0.3, -0.25) is 9.59 Å². The first-order chi connectivity index (χ1) is 11.9. The van der Waals surface area contributed by atoms with Crippen LogP contribution in [0.25, 0.3) is 11.3 Å². The first kappa shape index (κ1) is 18.7. The Balaban J connectivity index is 2.18. The Labute approximate surface area is 150 Å². The number of ketones is 1. The van der Waals surface area contributed by atoms with Crippen LogP contribution in [0.1, 0.15) is 25.0 Å². The van der Waals surface area contributed by atoms with Crippen LogP contribution in [0, 0.1) is 0 Å². The Morgan fingerprint density at radius 2 is 1.92 bits per heavy atom. The Morgan fingerprint density at radius 3 is 2.60 bits per heavy atom. The summed E-state index contributed by atoms with van der Waals surface area (Å²) in [6.45, 7) is 0. The minimum absolute atomic E-state index is 0.0196. The standard InChI is InChI=1S/C18H18ClNO5/c1-25-12-4-5-14(19)13(10-12)15-7-8-17(22)16(20-15)6-2-11(21)3-9-18(23)24/h4-5,7-8,10,22H,2-3,6,9H2,1H3,(H,23,24). The fourth-order valence-corrected chi connectivity index (χ4v) is 2.50. The van der Waals surface area contributed by atoms with E-state index >= 15 is 0 Å². The number of carbonyl (C=O) groups excluding carboxylic acids is 1. The average molecular weight is 364 g/mol. The molecule has 2 rings (SSSR count). The number of halogens is 1. The summed E-state index contributed by atoms with van der Waals surface area (Å²) < 4.78 is 5.18. The van der Waals surface area contributed by atoms with E-state index in [1.165, 1.54) is 6.07 Å². The van der Waals surface area contributed by atoms with Crippen LogP contribution in [0.15, 0.2) is 30.3 Å². The molecule has 0 unspecified atom stereocenters. The second-order valence-electron chi connectivity index (χ2n) is 5.44. The summed E-state index contributed by atoms with van der Waals surface area (Å²) in [6.07, 6.45) is 0.109. The largest absolute Gasteiger partial charge is 0.506 e. The van der Waals surface area contributed by atoms with E-state index in [1.807, 2.05) is 0 Å². The number of rotatable bonds is 8. The summed E-state index contributed by atoms with van der Waals surface area (Å²) in [5, 5.41) is 19.0. The zero-order valence-electron chi connectivity index (χ0n) is 13.7. The highest BCUT2D eigenvalue weighted by atomic mass is 35.5. The van der Waals surface area contributed by atoms with E-state index in [9.17, 15) is 14.7 Å². The fraction of sp³-hybridized carbons (Fsp3) is 0.278. The molecule has 0 aliphatic rings. The maximum atomic E-state index is 11.7. The van der Waals surface area contributed by atoms with Crippen molar-refractivity contribution < 1.29 is 24.5 Å². The Bertz CT molecular complexity index is 791. The van der Waals surface area contributed by atoms with Gasteiger partial charge >= 0.3 is 5.97 Å². The van der Waals surface area contributed by atoms with Gasteiger partial charge in [0.05, 0.1) is 29.9 Å². The van der Waals surface area contributed by atoms with E-state index in [-0.39, 0.29) is 37.2 Å². The van der Waals surface area contributed by atoms with Crippen molar-refractivity contribution in [3.8, 4) is 22.8 Å². The van der Waals surface area contributed by atoms with Gasteiger partial charge in [-0.25, -0.2) is 4.98 Å². The van der Waals surface area contributed by atoms with Gasteiger partial charge in [-0.05, 0) is 30.3 Å². The molecule has 0 radical (unpaired) electrons. The number of nitrogens with zero attached hydrogens (tertiary/aromatic N) is 1. The molecule has 0 saturated carbocycles. The summed E-state index contributed by atoms with van der Waals surface area (Å²) >= 11 is 6.21. The lowest BCUT2D eigenvalue weighted by Gasteiger charge is -2.10. The predicted molar refractivity (Wildman–Crippen MR) is 93.1 cm³/mol. The summed E-state index contributed by atoms with van der Waals surface area (Å²) in [6, 6.07) is 8.29. The fourth-order valence-electron chi connectivity index (χ4n) is 2.28. The Morgan fingerprint density at radius 1 is 1.16 bits per heavy atom. The molecule has 6 nitrogen and oxygen atoms in total. The molecule has 0 fully saturated rings. The number of aromatic hydroxyl groups is 1. The molecule has 0 spiro atoms. The molecule has 2 aromatic rings. The topological polar surface area (TPSA) is 96.7 Å². The Hall–Kier alpha value is -2.60. The van der Waals surface area contributed by atoms with Gasteiger partial charge in [0, 0.05) is 24.8 Å². The van der Waals surface area contributed by atoms with E-state index in [2.05, 4.69) is 4.98 Å². The third-order valence-electron chi connectivity index (χ3n) is 3.66. The minimum Gasteiger partial charge on any atom is -0.506 e. The molecule has 0 bridgehead atoms. The third kappa shape index (κ3) is 5.19. The first-order valence-corrected chi connectivity index (χ1v) is 8.04. The minimum atomic E-state index is -1.01. The van der Waals surface area contributed by atoms with Crippen LogP contribution < -0.4 is 4.74 Å². The van der Waals surface area contributed by atoms with Gasteiger partial charge in [0.1, 0.15) is 17.3 Å². The van der Waals surface area contributed by atoms with Gasteiger partial charge in [0.2, 0.25) is 0 Å². The first-order valence-electron chi connectivity index (χ1n) is 7.67. The zero-order chi connectivity index (χ0) is 18.4. The number of carboxylic acid groups (broad SMARTS) is 1. The number of benzene rings is 1. The summed E-state index contributed by atoms with van der Waals surface area (Å²) in [7, 11) is 1.55. The number of pyridine rings is 1. The normalized spacial score (nSPS) is 10.5. The van der Waals surface area contributed by atoms with Crippen molar-refractivity contribution >= 4 is 23.4 Å². The van der Waals surface area contributed by atoms with Crippen LogP contribution in [0.4, 0.5) is 0 Å². The molecule has 0 saturated heterocycles. The molecule has 25 heavy (non-hydrogen) atoms. The number of Topliss-reactive ketones (excluding diaryl/α,β-unsaturated/α-hetero) is 1. The number of ether oxygens (including phenoxy) is 1. The van der Waals surface area contributed by atoms with E-state index < -0.39 is 5.97 Å². The van der Waals surface area contributed by atoms with Crippen molar-refractivity contribution in [3.63, 3.8) is 0 Å². The molecule has 132 valence electrons. The molecule has 0 aliphatic heterocycles. The maximum absolute atomic E-state index is 11.7. The molecular formula is C18H18ClNO5. The van der Waals surface area contributed by atoms with Crippen molar-refractivity contribution in [2.75, 3.05) is 7.11 Å². The van der Waals surface area contributed by atoms with Crippen LogP contribution in [-0.4, -0.2) is 34.1 Å². The van der Waals surface area contributed by atoms with E-state index in [0.717, 1.165) is 0 Å². The third-order valence-corrected chi connectivity index (χ3v) is 3.99.